The molecule has 0 bridgehead atoms. The Morgan fingerprint density at radius 2 is 1.97 bits per heavy atom. The van der Waals surface area contributed by atoms with Gasteiger partial charge in [0.15, 0.2) is 5.82 Å². The number of hydroxylamine groups is 2. The van der Waals surface area contributed by atoms with E-state index in [0.29, 0.717) is 28.8 Å². The number of fused-ring (bicyclic) bond motifs is 2. The summed E-state index contributed by atoms with van der Waals surface area (Å²) in [4.78, 5) is 30.5. The van der Waals surface area contributed by atoms with Gasteiger partial charge in [0.2, 0.25) is 0 Å². The number of carbonyl (C=O) groups is 1. The van der Waals surface area contributed by atoms with E-state index in [-0.39, 0.29) is 19.1 Å². The fourth-order valence-corrected chi connectivity index (χ4v) is 3.54. The van der Waals surface area contributed by atoms with Crippen LogP contribution in [0.4, 0.5) is 23.1 Å². The molecule has 11 heteroatoms. The molecule has 4 aromatic heterocycles. The van der Waals surface area contributed by atoms with E-state index in [9.17, 15) is 4.79 Å². The summed E-state index contributed by atoms with van der Waals surface area (Å²) in [6.45, 7) is 2.28. The van der Waals surface area contributed by atoms with E-state index in [4.69, 9.17) is 16.3 Å². The summed E-state index contributed by atoms with van der Waals surface area (Å²) < 4.78 is 1.62. The van der Waals surface area contributed by atoms with Crippen molar-refractivity contribution in [2.24, 2.45) is 0 Å². The minimum atomic E-state index is -0.177. The first-order chi connectivity index (χ1) is 15.4. The third-order valence-electron chi connectivity index (χ3n) is 5.44. The zero-order chi connectivity index (χ0) is 22.4. The van der Waals surface area contributed by atoms with Crippen LogP contribution < -0.4 is 16.8 Å². The van der Waals surface area contributed by atoms with Crippen molar-refractivity contribution in [3.8, 4) is 11.3 Å². The number of carbonyl (C=O) groups excluding carboxylic acids is 1. The maximum Gasteiger partial charge on any atom is 0.267 e. The molecule has 0 aliphatic carbocycles. The van der Waals surface area contributed by atoms with Crippen LogP contribution in [-0.2, 0) is 22.8 Å². The van der Waals surface area contributed by atoms with Gasteiger partial charge < -0.3 is 16.8 Å². The van der Waals surface area contributed by atoms with Gasteiger partial charge in [-0.25, -0.2) is 15.0 Å². The van der Waals surface area contributed by atoms with E-state index in [1.54, 1.807) is 30.3 Å². The maximum absolute atomic E-state index is 12.0. The summed E-state index contributed by atoms with van der Waals surface area (Å²) in [6, 6.07) is 5.62. The average molecular weight is 431 g/mol. The minimum Gasteiger partial charge on any atom is -0.397 e. The molecule has 162 valence electrons. The van der Waals surface area contributed by atoms with Crippen LogP contribution in [0.1, 0.15) is 11.3 Å². The maximum atomic E-state index is 12.0. The Kier molecular flexibility index (Phi) is 4.59. The van der Waals surface area contributed by atoms with E-state index in [2.05, 4.69) is 25.4 Å². The number of anilines is 4. The van der Waals surface area contributed by atoms with E-state index in [0.717, 1.165) is 27.6 Å². The lowest BCUT2D eigenvalue weighted by Gasteiger charge is -2.12. The Bertz CT molecular complexity index is 1370. The quantitative estimate of drug-likeness (QED) is 0.442. The van der Waals surface area contributed by atoms with E-state index in [1.807, 2.05) is 25.1 Å². The van der Waals surface area contributed by atoms with Gasteiger partial charge in [-0.05, 0) is 30.0 Å². The van der Waals surface area contributed by atoms with Gasteiger partial charge in [0.25, 0.3) is 5.91 Å². The van der Waals surface area contributed by atoms with Crippen molar-refractivity contribution >= 4 is 39.8 Å². The predicted molar refractivity (Wildman–Crippen MR) is 119 cm³/mol. The normalized spacial score (nSPS) is 13.8. The second-order valence-electron chi connectivity index (χ2n) is 7.55. The number of hydrogen-bond acceptors (Lipinski definition) is 9. The summed E-state index contributed by atoms with van der Waals surface area (Å²) in [7, 11) is 1.59. The van der Waals surface area contributed by atoms with Gasteiger partial charge in [0, 0.05) is 36.5 Å². The third-order valence-corrected chi connectivity index (χ3v) is 5.44. The lowest BCUT2D eigenvalue weighted by molar-refractivity contribution is -0.180. The molecule has 0 atom stereocenters. The van der Waals surface area contributed by atoms with E-state index < -0.39 is 0 Å². The number of nitrogens with two attached hydrogens (primary N) is 2. The summed E-state index contributed by atoms with van der Waals surface area (Å²) in [5.41, 5.74) is 16.0. The molecule has 11 nitrogen and oxygen atoms in total. The van der Waals surface area contributed by atoms with Gasteiger partial charge in [-0.3, -0.25) is 19.3 Å². The zero-order valence-corrected chi connectivity index (χ0v) is 17.5. The second-order valence-corrected chi connectivity index (χ2v) is 7.55. The van der Waals surface area contributed by atoms with Gasteiger partial charge in [-0.15, -0.1) is 0 Å². The Labute approximate surface area is 183 Å². The summed E-state index contributed by atoms with van der Waals surface area (Å²) in [5, 5.41) is 10.4. The lowest BCUT2D eigenvalue weighted by atomic mass is 10.0. The van der Waals surface area contributed by atoms with Crippen molar-refractivity contribution in [2.45, 2.75) is 20.1 Å². The Balaban J connectivity index is 1.49. The van der Waals surface area contributed by atoms with Gasteiger partial charge in [-0.2, -0.15) is 5.10 Å². The van der Waals surface area contributed by atoms with Crippen LogP contribution in [0.15, 0.2) is 36.8 Å². The fraction of sp³-hybridized carbons (Fsp3) is 0.190. The molecule has 0 radical (unpaired) electrons. The average Bonchev–Trinajstić information content (AvgIpc) is 3.08. The zero-order valence-electron chi connectivity index (χ0n) is 17.5. The Morgan fingerprint density at radius 3 is 2.81 bits per heavy atom. The molecule has 1 aliphatic rings. The highest BCUT2D eigenvalue weighted by Crippen LogP contribution is 2.30. The van der Waals surface area contributed by atoms with Crippen LogP contribution in [0.3, 0.4) is 0 Å². The summed E-state index contributed by atoms with van der Waals surface area (Å²) >= 11 is 0. The topological polar surface area (TPSA) is 150 Å². The van der Waals surface area contributed by atoms with E-state index >= 15 is 0 Å². The molecule has 0 fully saturated rings. The first kappa shape index (κ1) is 19.7. The smallest absolute Gasteiger partial charge is 0.267 e. The van der Waals surface area contributed by atoms with Crippen LogP contribution in [0.2, 0.25) is 0 Å². The SMILES string of the molecule is Cc1c(N)cncc1-c1cc2cc(Nc3cc4n(n3)CC(=O)N(C)OC4)ncc2c(N)n1. The molecule has 0 saturated carbocycles. The van der Waals surface area contributed by atoms with Crippen molar-refractivity contribution in [3.63, 3.8) is 0 Å². The standard InChI is InChI=1S/C21H21N9O2/c1-11-14(6-24-8-16(11)22)17-3-12-4-18(25-7-15(12)21(23)26-17)27-19-5-13-10-32-29(2)20(31)9-30(13)28-19/h3-8H,9-10,22H2,1-2H3,(H2,23,26)(H,25,27,28). The molecule has 4 aromatic rings. The molecule has 32 heavy (non-hydrogen) atoms. The monoisotopic (exact) mass is 431 g/mol. The molecule has 1 amide bonds. The molecule has 5 heterocycles. The number of aromatic nitrogens is 5. The van der Waals surface area contributed by atoms with Crippen molar-refractivity contribution in [3.05, 3.63) is 48.0 Å². The molecule has 5 N–H and O–H groups in total. The summed E-state index contributed by atoms with van der Waals surface area (Å²) in [5.74, 6) is 1.33. The Hall–Kier alpha value is -4.25. The van der Waals surface area contributed by atoms with E-state index in [1.165, 1.54) is 5.06 Å². The van der Waals surface area contributed by atoms with Crippen molar-refractivity contribution in [1.29, 1.82) is 0 Å². The van der Waals surface area contributed by atoms with Crippen LogP contribution in [0.25, 0.3) is 22.0 Å². The minimum absolute atomic E-state index is 0.109. The molecule has 1 aliphatic heterocycles. The van der Waals surface area contributed by atoms with Gasteiger partial charge >= 0.3 is 0 Å². The first-order valence-corrected chi connectivity index (χ1v) is 9.89. The predicted octanol–water partition coefficient (Wildman–Crippen LogP) is 2.01. The number of rotatable bonds is 3. The van der Waals surface area contributed by atoms with Crippen molar-refractivity contribution in [2.75, 3.05) is 23.8 Å². The molecular weight excluding hydrogens is 410 g/mol. The number of likely N-dealkylation sites (N-methyl/N-ethyl adjacent to an activating group) is 1. The van der Waals surface area contributed by atoms with Crippen molar-refractivity contribution in [1.82, 2.24) is 29.8 Å². The number of hydrogen-bond donors (Lipinski definition) is 3. The third kappa shape index (κ3) is 3.44. The Morgan fingerprint density at radius 1 is 1.12 bits per heavy atom. The van der Waals surface area contributed by atoms with Crippen LogP contribution in [0.5, 0.6) is 0 Å². The highest BCUT2D eigenvalue weighted by atomic mass is 16.7. The van der Waals surface area contributed by atoms with Gasteiger partial charge in [0.05, 0.1) is 23.3 Å². The number of pyridine rings is 3. The number of nitrogen functional groups attached to an aromatic ring is 2. The largest absolute Gasteiger partial charge is 0.397 e. The van der Waals surface area contributed by atoms with Crippen LogP contribution >= 0.6 is 0 Å². The molecular formula is C21H21N9O2. The molecule has 5 rings (SSSR count). The lowest BCUT2D eigenvalue weighted by Crippen LogP contribution is -2.27. The molecule has 0 unspecified atom stereocenters. The number of nitrogens with one attached hydrogen (secondary N) is 1. The van der Waals surface area contributed by atoms with Gasteiger partial charge in [0.1, 0.15) is 24.8 Å². The first-order valence-electron chi connectivity index (χ1n) is 9.89. The number of nitrogens with zero attached hydrogens (tertiary/aromatic N) is 6. The van der Waals surface area contributed by atoms with Crippen LogP contribution in [-0.4, -0.2) is 42.8 Å². The number of amides is 1. The molecule has 0 spiro atoms. The highest BCUT2D eigenvalue weighted by Gasteiger charge is 2.20. The second kappa shape index (κ2) is 7.46. The summed E-state index contributed by atoms with van der Waals surface area (Å²) in [6.07, 6.45) is 4.99. The fourth-order valence-electron chi connectivity index (χ4n) is 3.54. The van der Waals surface area contributed by atoms with Crippen molar-refractivity contribution < 1.29 is 9.63 Å². The molecule has 0 aromatic carbocycles. The van der Waals surface area contributed by atoms with Gasteiger partial charge in [-0.1, -0.05) is 0 Å². The molecule has 0 saturated heterocycles. The van der Waals surface area contributed by atoms with Crippen LogP contribution in [0, 0.1) is 6.92 Å². The highest BCUT2D eigenvalue weighted by molar-refractivity contribution is 5.95.